The number of carboxylic acids is 1. The highest BCUT2D eigenvalue weighted by atomic mass is 16.5. The minimum Gasteiger partial charge on any atom is -0.482 e. The molecule has 3 rings (SSSR count). The van der Waals surface area contributed by atoms with Crippen LogP contribution < -0.4 is 32.2 Å². The number of carbonyl (C=O) groups excluding carboxylic acids is 5. The van der Waals surface area contributed by atoms with Crippen molar-refractivity contribution < 1.29 is 38.6 Å². The Labute approximate surface area is 323 Å². The molecule has 0 heterocycles. The number of hydrogen-bond donors (Lipinski definition) is 6. The lowest BCUT2D eigenvalue weighted by Crippen LogP contribution is -2.58. The summed E-state index contributed by atoms with van der Waals surface area (Å²) in [4.78, 5) is 78.6. The number of likely N-dealkylation sites (N-methyl/N-ethyl adjacent to an activating group) is 1. The number of hydrogen-bond acceptors (Lipinski definition) is 8. The van der Waals surface area contributed by atoms with Crippen molar-refractivity contribution in [2.75, 3.05) is 20.2 Å². The first-order valence-corrected chi connectivity index (χ1v) is 18.7. The highest BCUT2D eigenvalue weighted by Gasteiger charge is 2.33. The van der Waals surface area contributed by atoms with Crippen LogP contribution in [0, 0.1) is 11.8 Å². The van der Waals surface area contributed by atoms with Crippen molar-refractivity contribution in [3.8, 4) is 5.75 Å². The summed E-state index contributed by atoms with van der Waals surface area (Å²) >= 11 is 0. The van der Waals surface area contributed by atoms with E-state index in [0.717, 1.165) is 29.5 Å². The Balaban J connectivity index is 1.78. The molecule has 14 nitrogen and oxygen atoms in total. The maximum Gasteiger partial charge on any atom is 0.341 e. The molecule has 0 fully saturated rings. The number of aliphatic carboxylic acids is 1. The standard InChI is InChI=1S/C41H56N6O8/c1-25(2)21-34(40(53)44-33(19-20-42)37(43)50)45-39(52)27(4)47(5)41(54)35(23-29-13-17-32(18-14-29)55-24-36(48)49)46-38(51)26(3)22-28-11-15-31(16-12-28)30-9-7-6-8-10-30/h7,9-18,25-27,33-35H,6,8,19-24,42H2,1-5H3,(H2,43,50)(H,44,53)(H,45,52)(H,46,51)(H,48,49)/t26-,27-,33-,34+,35-/m0/s1. The third kappa shape index (κ3) is 14.0. The highest BCUT2D eigenvalue weighted by Crippen LogP contribution is 2.23. The second-order valence-corrected chi connectivity index (χ2v) is 14.4. The predicted molar refractivity (Wildman–Crippen MR) is 209 cm³/mol. The highest BCUT2D eigenvalue weighted by molar-refractivity contribution is 5.95. The van der Waals surface area contributed by atoms with Gasteiger partial charge in [-0.3, -0.25) is 24.0 Å². The fourth-order valence-electron chi connectivity index (χ4n) is 6.06. The molecule has 0 aliphatic heterocycles. The molecule has 2 aromatic rings. The van der Waals surface area contributed by atoms with Gasteiger partial charge in [0.1, 0.15) is 29.9 Å². The Hall–Kier alpha value is -5.50. The summed E-state index contributed by atoms with van der Waals surface area (Å²) in [6, 6.07) is 10.3. The molecular weight excluding hydrogens is 704 g/mol. The zero-order chi connectivity index (χ0) is 40.7. The molecule has 14 heteroatoms. The fraction of sp³-hybridized carbons (Fsp3) is 0.463. The van der Waals surface area contributed by atoms with Gasteiger partial charge < -0.3 is 42.2 Å². The van der Waals surface area contributed by atoms with Crippen LogP contribution in [-0.2, 0) is 41.6 Å². The van der Waals surface area contributed by atoms with Gasteiger partial charge in [-0.15, -0.1) is 0 Å². The number of carboxylic acid groups (broad SMARTS) is 1. The molecule has 0 spiro atoms. The molecular formula is C41H56N6O8. The van der Waals surface area contributed by atoms with Gasteiger partial charge in [0.15, 0.2) is 6.61 Å². The van der Waals surface area contributed by atoms with E-state index in [0.29, 0.717) is 17.7 Å². The Morgan fingerprint density at radius 1 is 0.800 bits per heavy atom. The number of nitrogens with one attached hydrogen (secondary N) is 3. The topological polar surface area (TPSA) is 223 Å². The third-order valence-electron chi connectivity index (χ3n) is 9.38. The Morgan fingerprint density at radius 2 is 1.40 bits per heavy atom. The zero-order valence-corrected chi connectivity index (χ0v) is 32.4. The lowest BCUT2D eigenvalue weighted by molar-refractivity contribution is -0.142. The maximum absolute atomic E-state index is 14.1. The molecule has 0 bridgehead atoms. The van der Waals surface area contributed by atoms with Crippen LogP contribution in [-0.4, -0.2) is 89.9 Å². The van der Waals surface area contributed by atoms with Gasteiger partial charge in [0.25, 0.3) is 0 Å². The van der Waals surface area contributed by atoms with Gasteiger partial charge in [-0.2, -0.15) is 0 Å². The molecule has 0 aromatic heterocycles. The summed E-state index contributed by atoms with van der Waals surface area (Å²) in [5.74, 6) is -4.20. The summed E-state index contributed by atoms with van der Waals surface area (Å²) < 4.78 is 5.23. The van der Waals surface area contributed by atoms with E-state index < -0.39 is 66.3 Å². The number of primary amides is 1. The number of benzene rings is 2. The number of carbonyl (C=O) groups is 6. The normalized spacial score (nSPS) is 15.1. The first-order chi connectivity index (χ1) is 26.1. The van der Waals surface area contributed by atoms with Crippen molar-refractivity contribution in [2.24, 2.45) is 23.3 Å². The van der Waals surface area contributed by atoms with Gasteiger partial charge in [0.2, 0.25) is 29.5 Å². The monoisotopic (exact) mass is 760 g/mol. The van der Waals surface area contributed by atoms with Crippen molar-refractivity contribution in [1.82, 2.24) is 20.9 Å². The van der Waals surface area contributed by atoms with E-state index in [-0.39, 0.29) is 37.6 Å². The molecule has 55 heavy (non-hydrogen) atoms. The summed E-state index contributed by atoms with van der Waals surface area (Å²) in [7, 11) is 1.44. The van der Waals surface area contributed by atoms with Gasteiger partial charge in [-0.25, -0.2) is 4.79 Å². The van der Waals surface area contributed by atoms with Crippen LogP contribution in [0.3, 0.4) is 0 Å². The molecule has 5 amide bonds. The number of nitrogens with zero attached hydrogens (tertiary/aromatic N) is 1. The molecule has 1 aliphatic carbocycles. The van der Waals surface area contributed by atoms with Crippen molar-refractivity contribution in [3.63, 3.8) is 0 Å². The van der Waals surface area contributed by atoms with Crippen LogP contribution in [0.25, 0.3) is 5.57 Å². The van der Waals surface area contributed by atoms with Gasteiger partial charge in [-0.05, 0) is 85.9 Å². The smallest absolute Gasteiger partial charge is 0.341 e. The zero-order valence-electron chi connectivity index (χ0n) is 32.4. The lowest BCUT2D eigenvalue weighted by Gasteiger charge is -2.31. The molecule has 5 atom stereocenters. The Bertz CT molecular complexity index is 1710. The van der Waals surface area contributed by atoms with E-state index >= 15 is 0 Å². The van der Waals surface area contributed by atoms with E-state index in [1.165, 1.54) is 18.9 Å². The van der Waals surface area contributed by atoms with E-state index in [1.54, 1.807) is 31.2 Å². The number of nitrogens with two attached hydrogens (primary N) is 2. The molecule has 0 radical (unpaired) electrons. The van der Waals surface area contributed by atoms with Gasteiger partial charge in [0.05, 0.1) is 0 Å². The second-order valence-electron chi connectivity index (χ2n) is 14.4. The summed E-state index contributed by atoms with van der Waals surface area (Å²) in [6.45, 7) is 6.63. The number of allylic oxidation sites excluding steroid dienone is 4. The van der Waals surface area contributed by atoms with E-state index in [1.807, 2.05) is 38.1 Å². The van der Waals surface area contributed by atoms with Gasteiger partial charge in [0, 0.05) is 19.4 Å². The van der Waals surface area contributed by atoms with Crippen molar-refractivity contribution in [2.45, 2.75) is 90.4 Å². The summed E-state index contributed by atoms with van der Waals surface area (Å²) in [6.07, 6.45) is 9.33. The average molecular weight is 761 g/mol. The van der Waals surface area contributed by atoms with Crippen LogP contribution in [0.15, 0.2) is 66.8 Å². The van der Waals surface area contributed by atoms with E-state index in [4.69, 9.17) is 21.3 Å². The van der Waals surface area contributed by atoms with Gasteiger partial charge in [-0.1, -0.05) is 75.4 Å². The van der Waals surface area contributed by atoms with Crippen molar-refractivity contribution in [3.05, 3.63) is 83.4 Å². The second kappa shape index (κ2) is 21.4. The SMILES string of the molecule is CC(C)C[C@@H](NC(=O)[C@H](C)N(C)C(=O)[C@H](Cc1ccc(OCC(=O)O)cc1)NC(=O)[C@@H](C)Cc1ccc(C2=CCCC=C2)cc1)C(=O)N[C@@H](CCN)C(N)=O. The molecule has 0 unspecified atom stereocenters. The number of ether oxygens (including phenoxy) is 1. The lowest BCUT2D eigenvalue weighted by atomic mass is 9.95. The minimum atomic E-state index is -1.12. The van der Waals surface area contributed by atoms with Crippen molar-refractivity contribution >= 4 is 41.1 Å². The van der Waals surface area contributed by atoms with Crippen LogP contribution in [0.5, 0.6) is 5.75 Å². The first kappa shape index (κ1) is 43.9. The molecule has 1 aliphatic rings. The molecule has 8 N–H and O–H groups in total. The first-order valence-electron chi connectivity index (χ1n) is 18.7. The predicted octanol–water partition coefficient (Wildman–Crippen LogP) is 2.49. The largest absolute Gasteiger partial charge is 0.482 e. The van der Waals surface area contributed by atoms with Crippen molar-refractivity contribution in [1.29, 1.82) is 0 Å². The molecule has 0 saturated heterocycles. The molecule has 298 valence electrons. The van der Waals surface area contributed by atoms with E-state index in [2.05, 4.69) is 34.2 Å². The number of amides is 5. The molecule has 2 aromatic carbocycles. The average Bonchev–Trinajstić information content (AvgIpc) is 3.16. The molecule has 0 saturated carbocycles. The van der Waals surface area contributed by atoms with Crippen LogP contribution in [0.4, 0.5) is 0 Å². The Kier molecular flexibility index (Phi) is 17.1. The fourth-order valence-corrected chi connectivity index (χ4v) is 6.06. The van der Waals surface area contributed by atoms with Crippen LogP contribution in [0.2, 0.25) is 0 Å². The maximum atomic E-state index is 14.1. The third-order valence-corrected chi connectivity index (χ3v) is 9.38. The van der Waals surface area contributed by atoms with Gasteiger partial charge >= 0.3 is 5.97 Å². The van der Waals surface area contributed by atoms with E-state index in [9.17, 15) is 28.8 Å². The van der Waals surface area contributed by atoms with Crippen LogP contribution >= 0.6 is 0 Å². The van der Waals surface area contributed by atoms with Crippen LogP contribution in [0.1, 0.15) is 70.1 Å². The minimum absolute atomic E-state index is 0.0147. The quantitative estimate of drug-likeness (QED) is 0.110. The summed E-state index contributed by atoms with van der Waals surface area (Å²) in [5, 5.41) is 17.1. The Morgan fingerprint density at radius 3 is 1.96 bits per heavy atom. The summed E-state index contributed by atoms with van der Waals surface area (Å²) in [5.41, 5.74) is 14.9. The number of rotatable bonds is 21.